The third-order valence-electron chi connectivity index (χ3n) is 4.40. The van der Waals surface area contributed by atoms with Crippen LogP contribution < -0.4 is 5.32 Å². The number of hydrogen-bond donors (Lipinski definition) is 2. The second-order valence-electron chi connectivity index (χ2n) is 6.16. The van der Waals surface area contributed by atoms with Gasteiger partial charge in [0.2, 0.25) is 0 Å². The maximum absolute atomic E-state index is 10.2. The Morgan fingerprint density at radius 3 is 2.59 bits per heavy atom. The Labute approximate surface area is 107 Å². The molecule has 0 spiro atoms. The zero-order chi connectivity index (χ0) is 13.1. The number of likely N-dealkylation sites (tertiary alicyclic amines) is 1. The minimum atomic E-state index is -0.596. The average molecular weight is 242 g/mol. The molecule has 3 unspecified atom stereocenters. The Morgan fingerprint density at radius 2 is 2.12 bits per heavy atom. The first-order chi connectivity index (χ1) is 7.86. The lowest BCUT2D eigenvalue weighted by molar-refractivity contribution is 0.00696. The number of nitrogens with zero attached hydrogens (tertiary/aromatic N) is 1. The Bertz CT molecular complexity index is 228. The zero-order valence-electron chi connectivity index (χ0n) is 12.2. The molecule has 0 aromatic carbocycles. The van der Waals surface area contributed by atoms with E-state index < -0.39 is 5.60 Å². The van der Waals surface area contributed by atoms with Crippen molar-refractivity contribution in [3.8, 4) is 0 Å². The summed E-state index contributed by atoms with van der Waals surface area (Å²) in [7, 11) is 0. The highest BCUT2D eigenvalue weighted by atomic mass is 16.3. The van der Waals surface area contributed by atoms with Crippen LogP contribution in [0.25, 0.3) is 0 Å². The van der Waals surface area contributed by atoms with Crippen molar-refractivity contribution >= 4 is 0 Å². The van der Waals surface area contributed by atoms with E-state index in [1.165, 1.54) is 19.5 Å². The van der Waals surface area contributed by atoms with Crippen LogP contribution in [-0.4, -0.2) is 47.8 Å². The minimum Gasteiger partial charge on any atom is -0.389 e. The summed E-state index contributed by atoms with van der Waals surface area (Å²) in [5.74, 6) is 0.965. The highest BCUT2D eigenvalue weighted by molar-refractivity contribution is 4.86. The van der Waals surface area contributed by atoms with Gasteiger partial charge in [0.1, 0.15) is 0 Å². The Kier molecular flexibility index (Phi) is 5.42. The molecule has 1 aliphatic rings. The number of nitrogens with one attached hydrogen (secondary N) is 1. The van der Waals surface area contributed by atoms with E-state index in [1.54, 1.807) is 0 Å². The maximum atomic E-state index is 10.2. The second kappa shape index (κ2) is 6.17. The van der Waals surface area contributed by atoms with Crippen LogP contribution in [0.4, 0.5) is 0 Å². The van der Waals surface area contributed by atoms with Crippen molar-refractivity contribution in [1.82, 2.24) is 10.2 Å². The van der Waals surface area contributed by atoms with Crippen LogP contribution in [0.2, 0.25) is 0 Å². The first-order valence-electron chi connectivity index (χ1n) is 7.05. The SMILES string of the molecule is CCN1CCC(NCC(C)(O)C(C)C)C(C)C1. The van der Waals surface area contributed by atoms with E-state index in [2.05, 4.69) is 37.9 Å². The van der Waals surface area contributed by atoms with Crippen molar-refractivity contribution in [2.45, 2.75) is 52.7 Å². The molecule has 1 aliphatic heterocycles. The summed E-state index contributed by atoms with van der Waals surface area (Å²) < 4.78 is 0. The van der Waals surface area contributed by atoms with Crippen LogP contribution in [0, 0.1) is 11.8 Å². The maximum Gasteiger partial charge on any atom is 0.0766 e. The van der Waals surface area contributed by atoms with Gasteiger partial charge in [-0.25, -0.2) is 0 Å². The van der Waals surface area contributed by atoms with Crippen LogP contribution in [-0.2, 0) is 0 Å². The van der Waals surface area contributed by atoms with E-state index >= 15 is 0 Å². The van der Waals surface area contributed by atoms with Crippen LogP contribution >= 0.6 is 0 Å². The summed E-state index contributed by atoms with van der Waals surface area (Å²) in [5.41, 5.74) is -0.596. The van der Waals surface area contributed by atoms with Crippen LogP contribution in [0.5, 0.6) is 0 Å². The predicted octanol–water partition coefficient (Wildman–Crippen LogP) is 1.71. The molecule has 0 saturated carbocycles. The van der Waals surface area contributed by atoms with Crippen LogP contribution in [0.15, 0.2) is 0 Å². The first kappa shape index (κ1) is 14.9. The molecule has 1 fully saturated rings. The van der Waals surface area contributed by atoms with Crippen molar-refractivity contribution in [1.29, 1.82) is 0 Å². The van der Waals surface area contributed by atoms with Gasteiger partial charge in [-0.05, 0) is 38.3 Å². The van der Waals surface area contributed by atoms with E-state index in [-0.39, 0.29) is 0 Å². The van der Waals surface area contributed by atoms with E-state index in [4.69, 9.17) is 0 Å². The van der Waals surface area contributed by atoms with Gasteiger partial charge in [0.05, 0.1) is 5.60 Å². The molecule has 1 heterocycles. The fourth-order valence-corrected chi connectivity index (χ4v) is 2.36. The largest absolute Gasteiger partial charge is 0.389 e. The fraction of sp³-hybridized carbons (Fsp3) is 1.00. The molecule has 0 amide bonds. The monoisotopic (exact) mass is 242 g/mol. The third-order valence-corrected chi connectivity index (χ3v) is 4.40. The molecule has 0 aromatic heterocycles. The number of piperidine rings is 1. The van der Waals surface area contributed by atoms with Gasteiger partial charge < -0.3 is 15.3 Å². The lowest BCUT2D eigenvalue weighted by atomic mass is 9.89. The summed E-state index contributed by atoms with van der Waals surface area (Å²) in [6.45, 7) is 14.8. The smallest absolute Gasteiger partial charge is 0.0766 e. The van der Waals surface area contributed by atoms with Gasteiger partial charge in [0.15, 0.2) is 0 Å². The molecular weight excluding hydrogens is 212 g/mol. The molecule has 2 N–H and O–H groups in total. The van der Waals surface area contributed by atoms with E-state index in [1.807, 2.05) is 6.92 Å². The minimum absolute atomic E-state index is 0.293. The van der Waals surface area contributed by atoms with Crippen molar-refractivity contribution in [3.63, 3.8) is 0 Å². The summed E-state index contributed by atoms with van der Waals surface area (Å²) in [6, 6.07) is 0.558. The van der Waals surface area contributed by atoms with Crippen LogP contribution in [0.3, 0.4) is 0 Å². The van der Waals surface area contributed by atoms with Gasteiger partial charge in [-0.1, -0.05) is 27.7 Å². The average Bonchev–Trinajstić information content (AvgIpc) is 2.27. The molecule has 0 radical (unpaired) electrons. The Morgan fingerprint density at radius 1 is 1.47 bits per heavy atom. The summed E-state index contributed by atoms with van der Waals surface area (Å²) in [6.07, 6.45) is 1.20. The van der Waals surface area contributed by atoms with E-state index in [9.17, 15) is 5.11 Å². The van der Waals surface area contributed by atoms with E-state index in [0.717, 1.165) is 6.54 Å². The molecular formula is C14H30N2O. The molecule has 1 rings (SSSR count). The standard InChI is InChI=1S/C14H30N2O/c1-6-16-8-7-13(12(4)9-16)15-10-14(5,17)11(2)3/h11-13,15,17H,6-10H2,1-5H3. The van der Waals surface area contributed by atoms with Crippen molar-refractivity contribution in [2.24, 2.45) is 11.8 Å². The molecule has 0 bridgehead atoms. The highest BCUT2D eigenvalue weighted by Gasteiger charge is 2.29. The molecule has 0 aliphatic carbocycles. The van der Waals surface area contributed by atoms with Gasteiger partial charge in [0.25, 0.3) is 0 Å². The highest BCUT2D eigenvalue weighted by Crippen LogP contribution is 2.19. The lowest BCUT2D eigenvalue weighted by Crippen LogP contribution is -2.52. The quantitative estimate of drug-likeness (QED) is 0.770. The zero-order valence-corrected chi connectivity index (χ0v) is 12.2. The fourth-order valence-electron chi connectivity index (χ4n) is 2.36. The number of aliphatic hydroxyl groups is 1. The molecule has 1 saturated heterocycles. The van der Waals surface area contributed by atoms with Gasteiger partial charge in [0, 0.05) is 19.1 Å². The molecule has 17 heavy (non-hydrogen) atoms. The molecule has 102 valence electrons. The topological polar surface area (TPSA) is 35.5 Å². The van der Waals surface area contributed by atoms with E-state index in [0.29, 0.717) is 24.4 Å². The molecule has 3 heteroatoms. The lowest BCUT2D eigenvalue weighted by Gasteiger charge is -2.39. The molecule has 3 atom stereocenters. The third kappa shape index (κ3) is 4.23. The van der Waals surface area contributed by atoms with Crippen molar-refractivity contribution in [3.05, 3.63) is 0 Å². The summed E-state index contributed by atoms with van der Waals surface area (Å²) >= 11 is 0. The van der Waals surface area contributed by atoms with Gasteiger partial charge in [-0.2, -0.15) is 0 Å². The predicted molar refractivity (Wildman–Crippen MR) is 73.1 cm³/mol. The van der Waals surface area contributed by atoms with Gasteiger partial charge in [-0.15, -0.1) is 0 Å². The molecule has 3 nitrogen and oxygen atoms in total. The Hall–Kier alpha value is -0.120. The van der Waals surface area contributed by atoms with Gasteiger partial charge in [-0.3, -0.25) is 0 Å². The second-order valence-corrected chi connectivity index (χ2v) is 6.16. The van der Waals surface area contributed by atoms with Crippen molar-refractivity contribution in [2.75, 3.05) is 26.2 Å². The normalized spacial score (nSPS) is 30.5. The molecule has 0 aromatic rings. The number of hydrogen-bond acceptors (Lipinski definition) is 3. The first-order valence-corrected chi connectivity index (χ1v) is 7.05. The van der Waals surface area contributed by atoms with Crippen molar-refractivity contribution < 1.29 is 5.11 Å². The summed E-state index contributed by atoms with van der Waals surface area (Å²) in [5, 5.41) is 13.8. The van der Waals surface area contributed by atoms with Crippen LogP contribution in [0.1, 0.15) is 41.0 Å². The summed E-state index contributed by atoms with van der Waals surface area (Å²) in [4.78, 5) is 2.50. The van der Waals surface area contributed by atoms with Gasteiger partial charge >= 0.3 is 0 Å². The number of rotatable bonds is 5. The Balaban J connectivity index is 2.38.